The summed E-state index contributed by atoms with van der Waals surface area (Å²) in [6.45, 7) is 10.8. The summed E-state index contributed by atoms with van der Waals surface area (Å²) < 4.78 is 2.08. The Morgan fingerprint density at radius 2 is 2.10 bits per heavy atom. The third-order valence-corrected chi connectivity index (χ3v) is 5.28. The van der Waals surface area contributed by atoms with Gasteiger partial charge in [0.2, 0.25) is 0 Å². The average Bonchev–Trinajstić information content (AvgIpc) is 2.92. The van der Waals surface area contributed by atoms with E-state index in [1.54, 1.807) is 0 Å². The summed E-state index contributed by atoms with van der Waals surface area (Å²) in [6, 6.07) is 0.679. The first-order chi connectivity index (χ1) is 9.58. The fraction of sp³-hybridized carbons (Fsp3) is 0.812. The molecule has 1 fully saturated rings. The van der Waals surface area contributed by atoms with Crippen LogP contribution in [0.5, 0.6) is 0 Å². The molecule has 0 aliphatic heterocycles. The molecule has 1 heterocycles. The van der Waals surface area contributed by atoms with E-state index in [-0.39, 0.29) is 0 Å². The Balaban J connectivity index is 2.04. The molecule has 0 amide bonds. The zero-order valence-electron chi connectivity index (χ0n) is 13.2. The molecular formula is C16H28ClN3. The molecule has 0 radical (unpaired) electrons. The number of aromatic nitrogens is 2. The van der Waals surface area contributed by atoms with Crippen molar-refractivity contribution >= 4 is 11.6 Å². The van der Waals surface area contributed by atoms with E-state index in [9.17, 15) is 0 Å². The molecule has 4 heteroatoms. The van der Waals surface area contributed by atoms with Crippen LogP contribution in [0, 0.1) is 18.8 Å². The Morgan fingerprint density at radius 1 is 1.35 bits per heavy atom. The van der Waals surface area contributed by atoms with Crippen molar-refractivity contribution in [2.75, 3.05) is 6.54 Å². The topological polar surface area (TPSA) is 29.9 Å². The molecular weight excluding hydrogens is 270 g/mol. The number of hydrogen-bond acceptors (Lipinski definition) is 2. The number of nitrogens with one attached hydrogen (secondary N) is 1. The van der Waals surface area contributed by atoms with Gasteiger partial charge < -0.3 is 5.32 Å². The Hall–Kier alpha value is -0.540. The van der Waals surface area contributed by atoms with Gasteiger partial charge in [0.15, 0.2) is 0 Å². The first-order valence-corrected chi connectivity index (χ1v) is 8.41. The van der Waals surface area contributed by atoms with E-state index in [2.05, 4.69) is 35.9 Å². The molecule has 1 saturated carbocycles. The molecule has 3 nitrogen and oxygen atoms in total. The molecule has 0 spiro atoms. The van der Waals surface area contributed by atoms with Crippen LogP contribution in [0.1, 0.15) is 51.4 Å². The zero-order chi connectivity index (χ0) is 14.7. The molecule has 0 bridgehead atoms. The van der Waals surface area contributed by atoms with Gasteiger partial charge in [-0.15, -0.1) is 0 Å². The third kappa shape index (κ3) is 3.20. The fourth-order valence-corrected chi connectivity index (χ4v) is 3.68. The standard InChI is InChI=1S/C16H28ClN3/c1-5-9-18-14-8-7-13(11(14)3)10-15-16(17)12(4)19-20(15)6-2/h11,13-14,18H,5-10H2,1-4H3. The maximum atomic E-state index is 6.44. The van der Waals surface area contributed by atoms with E-state index >= 15 is 0 Å². The Morgan fingerprint density at radius 3 is 2.75 bits per heavy atom. The molecule has 0 aromatic carbocycles. The minimum absolute atomic E-state index is 0.679. The second kappa shape index (κ2) is 6.95. The smallest absolute Gasteiger partial charge is 0.0847 e. The van der Waals surface area contributed by atoms with Gasteiger partial charge in [0.1, 0.15) is 0 Å². The van der Waals surface area contributed by atoms with Crippen LogP contribution in [0.2, 0.25) is 5.02 Å². The van der Waals surface area contributed by atoms with Crippen LogP contribution in [0.4, 0.5) is 0 Å². The van der Waals surface area contributed by atoms with Crippen molar-refractivity contribution in [1.82, 2.24) is 15.1 Å². The van der Waals surface area contributed by atoms with Gasteiger partial charge in [0, 0.05) is 12.6 Å². The van der Waals surface area contributed by atoms with E-state index in [4.69, 9.17) is 11.6 Å². The van der Waals surface area contributed by atoms with E-state index in [0.29, 0.717) is 6.04 Å². The molecule has 1 aliphatic carbocycles. The number of nitrogens with zero attached hydrogens (tertiary/aromatic N) is 2. The van der Waals surface area contributed by atoms with Crippen molar-refractivity contribution in [3.63, 3.8) is 0 Å². The number of hydrogen-bond donors (Lipinski definition) is 1. The highest BCUT2D eigenvalue weighted by molar-refractivity contribution is 6.31. The fourth-order valence-electron chi connectivity index (χ4n) is 3.47. The van der Waals surface area contributed by atoms with E-state index < -0.39 is 0 Å². The lowest BCUT2D eigenvalue weighted by Crippen LogP contribution is -2.33. The molecule has 2 rings (SSSR count). The van der Waals surface area contributed by atoms with E-state index in [1.807, 2.05) is 6.92 Å². The number of halogens is 1. The Bertz CT molecular complexity index is 441. The van der Waals surface area contributed by atoms with Crippen LogP contribution in [-0.2, 0) is 13.0 Å². The van der Waals surface area contributed by atoms with Gasteiger partial charge in [-0.2, -0.15) is 5.10 Å². The van der Waals surface area contributed by atoms with Crippen LogP contribution in [0.15, 0.2) is 0 Å². The monoisotopic (exact) mass is 297 g/mol. The predicted octanol–water partition coefficient (Wildman–Crippen LogP) is 3.82. The summed E-state index contributed by atoms with van der Waals surface area (Å²) in [5.74, 6) is 1.45. The molecule has 20 heavy (non-hydrogen) atoms. The van der Waals surface area contributed by atoms with Crippen molar-refractivity contribution in [1.29, 1.82) is 0 Å². The van der Waals surface area contributed by atoms with E-state index in [1.165, 1.54) is 25.0 Å². The lowest BCUT2D eigenvalue weighted by Gasteiger charge is -2.22. The minimum atomic E-state index is 0.679. The number of rotatable bonds is 6. The van der Waals surface area contributed by atoms with Gasteiger partial charge in [-0.1, -0.05) is 25.4 Å². The van der Waals surface area contributed by atoms with Gasteiger partial charge >= 0.3 is 0 Å². The van der Waals surface area contributed by atoms with Crippen molar-refractivity contribution in [3.8, 4) is 0 Å². The third-order valence-electron chi connectivity index (χ3n) is 4.79. The molecule has 1 aromatic heterocycles. The minimum Gasteiger partial charge on any atom is -0.314 e. The molecule has 1 aliphatic rings. The maximum Gasteiger partial charge on any atom is 0.0847 e. The van der Waals surface area contributed by atoms with Crippen LogP contribution in [-0.4, -0.2) is 22.4 Å². The van der Waals surface area contributed by atoms with Crippen molar-refractivity contribution in [2.45, 2.75) is 66.0 Å². The second-order valence-corrected chi connectivity index (χ2v) is 6.50. The second-order valence-electron chi connectivity index (χ2n) is 6.12. The summed E-state index contributed by atoms with van der Waals surface area (Å²) in [6.07, 6.45) is 4.87. The first-order valence-electron chi connectivity index (χ1n) is 8.03. The molecule has 3 atom stereocenters. The van der Waals surface area contributed by atoms with Gasteiger partial charge in [-0.25, -0.2) is 0 Å². The molecule has 114 valence electrons. The summed E-state index contributed by atoms with van der Waals surface area (Å²) in [4.78, 5) is 0. The average molecular weight is 298 g/mol. The molecule has 0 saturated heterocycles. The Kier molecular flexibility index (Phi) is 5.50. The van der Waals surface area contributed by atoms with Crippen molar-refractivity contribution in [2.24, 2.45) is 11.8 Å². The summed E-state index contributed by atoms with van der Waals surface area (Å²) >= 11 is 6.44. The zero-order valence-corrected chi connectivity index (χ0v) is 14.0. The highest BCUT2D eigenvalue weighted by Gasteiger charge is 2.33. The van der Waals surface area contributed by atoms with Gasteiger partial charge in [0.25, 0.3) is 0 Å². The molecule has 1 aromatic rings. The lowest BCUT2D eigenvalue weighted by atomic mass is 9.91. The van der Waals surface area contributed by atoms with Gasteiger partial charge in [-0.05, 0) is 57.9 Å². The molecule has 1 N–H and O–H groups in total. The Labute approximate surface area is 128 Å². The van der Waals surface area contributed by atoms with Crippen LogP contribution in [0.25, 0.3) is 0 Å². The van der Waals surface area contributed by atoms with Crippen molar-refractivity contribution in [3.05, 3.63) is 16.4 Å². The highest BCUT2D eigenvalue weighted by Crippen LogP contribution is 2.36. The predicted molar refractivity (Wildman–Crippen MR) is 85.3 cm³/mol. The van der Waals surface area contributed by atoms with Gasteiger partial charge in [-0.3, -0.25) is 4.68 Å². The first kappa shape index (κ1) is 15.8. The quantitative estimate of drug-likeness (QED) is 0.865. The number of aryl methyl sites for hydroxylation is 2. The highest BCUT2D eigenvalue weighted by atomic mass is 35.5. The summed E-state index contributed by atoms with van der Waals surface area (Å²) in [5.41, 5.74) is 2.20. The van der Waals surface area contributed by atoms with Crippen LogP contribution >= 0.6 is 11.6 Å². The lowest BCUT2D eigenvalue weighted by molar-refractivity contribution is 0.345. The largest absolute Gasteiger partial charge is 0.314 e. The SMILES string of the molecule is CCCNC1CCC(Cc2c(Cl)c(C)nn2CC)C1C. The summed E-state index contributed by atoms with van der Waals surface area (Å²) in [7, 11) is 0. The van der Waals surface area contributed by atoms with Crippen molar-refractivity contribution < 1.29 is 0 Å². The maximum absolute atomic E-state index is 6.44. The van der Waals surface area contributed by atoms with Gasteiger partial charge in [0.05, 0.1) is 16.4 Å². The van der Waals surface area contributed by atoms with Crippen LogP contribution in [0.3, 0.4) is 0 Å². The molecule has 3 unspecified atom stereocenters. The van der Waals surface area contributed by atoms with E-state index in [0.717, 1.165) is 42.1 Å². The van der Waals surface area contributed by atoms with Crippen LogP contribution < -0.4 is 5.32 Å². The summed E-state index contributed by atoms with van der Waals surface area (Å²) in [5, 5.41) is 9.10. The normalized spacial score (nSPS) is 26.4.